The van der Waals surface area contributed by atoms with E-state index in [0.717, 1.165) is 83.8 Å². The van der Waals surface area contributed by atoms with Gasteiger partial charge in [0.1, 0.15) is 26.8 Å². The van der Waals surface area contributed by atoms with E-state index >= 15 is 0 Å². The highest BCUT2D eigenvalue weighted by molar-refractivity contribution is 5.71. The molecule has 0 saturated heterocycles. The Hall–Kier alpha value is -2.92. The molecule has 0 N–H and O–H groups in total. The van der Waals surface area contributed by atoms with Crippen LogP contribution in [-0.4, -0.2) is 164 Å². The highest BCUT2D eigenvalue weighted by Crippen LogP contribution is 2.19. The van der Waals surface area contributed by atoms with E-state index in [9.17, 15) is 19.2 Å². The second-order valence-electron chi connectivity index (χ2n) is 21.8. The normalized spacial score (nSPS) is 12.6. The molecule has 0 aromatic rings. The van der Waals surface area contributed by atoms with Gasteiger partial charge in [-0.25, -0.2) is 0 Å². The van der Waals surface area contributed by atoms with Crippen LogP contribution < -0.4 is 0 Å². The minimum absolute atomic E-state index is 0.154. The summed E-state index contributed by atoms with van der Waals surface area (Å²) >= 11 is 0. The van der Waals surface area contributed by atoms with Crippen molar-refractivity contribution in [2.24, 2.45) is 11.8 Å². The van der Waals surface area contributed by atoms with Gasteiger partial charge in [0.15, 0.2) is 0 Å². The number of nitrogens with zero attached hydrogens (tertiary/aromatic N) is 3. The fourth-order valence-electron chi connectivity index (χ4n) is 9.29. The monoisotopic (exact) mass is 1140 g/mol. The largest absolute Gasteiger partial charge is 0.466 e. The van der Waals surface area contributed by atoms with Crippen molar-refractivity contribution in [3.05, 3.63) is 24.3 Å². The Bertz CT molecular complexity index is 1360. The number of rotatable bonds is 62. The lowest BCUT2D eigenvalue weighted by molar-refractivity contribution is -0.148. The van der Waals surface area contributed by atoms with Crippen molar-refractivity contribution in [3.63, 3.8) is 0 Å². The lowest BCUT2D eigenvalue weighted by Crippen LogP contribution is -2.34. The molecule has 15 heteroatoms. The molecule has 0 saturated carbocycles. The molecule has 0 heterocycles. The van der Waals surface area contributed by atoms with Gasteiger partial charge < -0.3 is 52.6 Å². The van der Waals surface area contributed by atoms with E-state index in [1.54, 1.807) is 0 Å². The van der Waals surface area contributed by atoms with Gasteiger partial charge >= 0.3 is 23.9 Å². The Labute approximate surface area is 490 Å². The predicted octanol–water partition coefficient (Wildman–Crippen LogP) is 13.8. The van der Waals surface area contributed by atoms with Crippen molar-refractivity contribution in [1.82, 2.24) is 14.7 Å². The quantitative estimate of drug-likeness (QED) is 0.0187. The van der Waals surface area contributed by atoms with Crippen LogP contribution in [0.2, 0.25) is 0 Å². The molecule has 0 aliphatic carbocycles. The summed E-state index contributed by atoms with van der Waals surface area (Å²) in [6, 6.07) is 0. The van der Waals surface area contributed by atoms with E-state index < -0.39 is 0 Å². The number of carbonyl (C=O) groups excluding carboxylic acids is 4. The number of unbranched alkanes of at least 4 members (excludes halogenated alkanes) is 12. The maximum absolute atomic E-state index is 12.9. The smallest absolute Gasteiger partial charge is 0.307 e. The molecule has 0 spiro atoms. The van der Waals surface area contributed by atoms with E-state index in [2.05, 4.69) is 87.6 Å². The SMILES string of the molecule is CC/C=C\CCCCOC(=O)CCN(CCCN(C)CCCN(CCC(=O)OCCOCOCC(CCCC)CCCCCC)CCC(=O)OCCOCOCC(CCCC)CCCCCC)CCC(=O)OCCCC/C=C\CC. The number of hydrogen-bond acceptors (Lipinski definition) is 15. The Morgan fingerprint density at radius 3 is 1.07 bits per heavy atom. The van der Waals surface area contributed by atoms with Crippen LogP contribution in [0.1, 0.15) is 234 Å². The van der Waals surface area contributed by atoms with E-state index in [-0.39, 0.29) is 89.6 Å². The van der Waals surface area contributed by atoms with Gasteiger partial charge in [-0.15, -0.1) is 0 Å². The van der Waals surface area contributed by atoms with Crippen molar-refractivity contribution in [2.45, 2.75) is 234 Å². The molecule has 2 unspecified atom stereocenters. The van der Waals surface area contributed by atoms with Crippen molar-refractivity contribution < 1.29 is 57.1 Å². The molecule has 0 aliphatic rings. The summed E-state index contributed by atoms with van der Waals surface area (Å²) in [4.78, 5) is 57.8. The number of esters is 4. The van der Waals surface area contributed by atoms with Crippen molar-refractivity contribution >= 4 is 23.9 Å². The fourth-order valence-corrected chi connectivity index (χ4v) is 9.29. The van der Waals surface area contributed by atoms with Crippen LogP contribution in [0.15, 0.2) is 24.3 Å². The zero-order valence-electron chi connectivity index (χ0n) is 52.6. The summed E-state index contributed by atoms with van der Waals surface area (Å²) in [5.74, 6) is 0.0613. The van der Waals surface area contributed by atoms with Crippen LogP contribution in [0, 0.1) is 11.8 Å². The molecular formula is C65H123N3O12. The first kappa shape index (κ1) is 77.1. The van der Waals surface area contributed by atoms with Crippen LogP contribution in [0.3, 0.4) is 0 Å². The Morgan fingerprint density at radius 2 is 0.713 bits per heavy atom. The minimum Gasteiger partial charge on any atom is -0.466 e. The molecule has 80 heavy (non-hydrogen) atoms. The molecule has 15 nitrogen and oxygen atoms in total. The molecule has 0 radical (unpaired) electrons. The summed E-state index contributed by atoms with van der Waals surface area (Å²) in [6.45, 7) is 21.6. The van der Waals surface area contributed by atoms with Gasteiger partial charge in [0.2, 0.25) is 0 Å². The number of ether oxygens (including phenoxy) is 8. The van der Waals surface area contributed by atoms with Gasteiger partial charge in [-0.1, -0.05) is 143 Å². The van der Waals surface area contributed by atoms with Crippen LogP contribution in [0.25, 0.3) is 0 Å². The first-order valence-electron chi connectivity index (χ1n) is 32.5. The standard InChI is InChI=1S/C65H123N3O12/c1-8-14-20-24-26-30-50-77-62(69)38-46-67(47-39-63(70)78-51-31-27-25-21-15-9-2)44-32-42-66(7)43-33-45-68(48-40-64(71)79-54-52-73-58-75-56-60(34-18-12-5)36-28-22-16-10-3)49-41-65(72)80-55-53-74-59-76-57-61(35-19-13-6)37-29-23-17-11-4/h14-15,20-21,60-61H,8-13,16-19,22-59H2,1-7H3/b20-14-,21-15-. The third kappa shape index (κ3) is 54.3. The molecule has 0 amide bonds. The van der Waals surface area contributed by atoms with E-state index in [1.165, 1.54) is 103 Å². The summed E-state index contributed by atoms with van der Waals surface area (Å²) in [6.07, 6.45) is 38.5. The van der Waals surface area contributed by atoms with Gasteiger partial charge in [-0.2, -0.15) is 0 Å². The van der Waals surface area contributed by atoms with Crippen molar-refractivity contribution in [2.75, 3.05) is 126 Å². The Kier molecular flexibility index (Phi) is 58.5. The summed E-state index contributed by atoms with van der Waals surface area (Å²) < 4.78 is 45.2. The highest BCUT2D eigenvalue weighted by Gasteiger charge is 2.16. The molecule has 0 bridgehead atoms. The Balaban J connectivity index is 5.25. The highest BCUT2D eigenvalue weighted by atomic mass is 16.7. The molecule has 0 rings (SSSR count). The summed E-state index contributed by atoms with van der Waals surface area (Å²) in [5.41, 5.74) is 0. The second kappa shape index (κ2) is 60.7. The van der Waals surface area contributed by atoms with Crippen LogP contribution in [-0.2, 0) is 57.1 Å². The van der Waals surface area contributed by atoms with Gasteiger partial charge in [0, 0.05) is 26.2 Å². The average molecular weight is 1140 g/mol. The van der Waals surface area contributed by atoms with Crippen molar-refractivity contribution in [1.29, 1.82) is 0 Å². The maximum Gasteiger partial charge on any atom is 0.307 e. The predicted molar refractivity (Wildman–Crippen MR) is 326 cm³/mol. The zero-order valence-corrected chi connectivity index (χ0v) is 52.6. The van der Waals surface area contributed by atoms with Gasteiger partial charge in [0.05, 0.1) is 65.3 Å². The fraction of sp³-hybridized carbons (Fsp3) is 0.877. The number of hydrogen-bond donors (Lipinski definition) is 0. The van der Waals surface area contributed by atoms with Crippen LogP contribution >= 0.6 is 0 Å². The molecule has 470 valence electrons. The third-order valence-corrected chi connectivity index (χ3v) is 14.3. The zero-order chi connectivity index (χ0) is 58.6. The molecule has 0 aromatic carbocycles. The molecule has 0 aromatic heterocycles. The Morgan fingerprint density at radius 1 is 0.350 bits per heavy atom. The topological polar surface area (TPSA) is 152 Å². The number of carbonyl (C=O) groups is 4. The summed E-state index contributed by atoms with van der Waals surface area (Å²) in [5, 5.41) is 0. The molecule has 0 fully saturated rings. The van der Waals surface area contributed by atoms with E-state index in [0.29, 0.717) is 71.0 Å². The first-order chi connectivity index (χ1) is 39.1. The van der Waals surface area contributed by atoms with Gasteiger partial charge in [-0.05, 0) is 135 Å². The average Bonchev–Trinajstić information content (AvgIpc) is 3.45. The second-order valence-corrected chi connectivity index (χ2v) is 21.8. The molecular weight excluding hydrogens is 1010 g/mol. The van der Waals surface area contributed by atoms with Crippen molar-refractivity contribution in [3.8, 4) is 0 Å². The lowest BCUT2D eigenvalue weighted by Gasteiger charge is -2.25. The number of allylic oxidation sites excluding steroid dienone is 4. The molecule has 2 atom stereocenters. The third-order valence-electron chi connectivity index (χ3n) is 14.3. The first-order valence-corrected chi connectivity index (χ1v) is 32.5. The summed E-state index contributed by atoms with van der Waals surface area (Å²) in [7, 11) is 2.09. The van der Waals surface area contributed by atoms with Gasteiger partial charge in [0.25, 0.3) is 0 Å². The van der Waals surface area contributed by atoms with E-state index in [1.807, 2.05) is 0 Å². The minimum atomic E-state index is -0.310. The van der Waals surface area contributed by atoms with E-state index in [4.69, 9.17) is 37.9 Å². The molecule has 0 aliphatic heterocycles. The van der Waals surface area contributed by atoms with Crippen LogP contribution in [0.5, 0.6) is 0 Å². The maximum atomic E-state index is 12.9. The van der Waals surface area contributed by atoms with Gasteiger partial charge in [-0.3, -0.25) is 19.2 Å². The lowest BCUT2D eigenvalue weighted by atomic mass is 9.96. The van der Waals surface area contributed by atoms with Crippen LogP contribution in [0.4, 0.5) is 0 Å².